The molecule has 2 aromatic rings. The van der Waals surface area contributed by atoms with Gasteiger partial charge in [0.15, 0.2) is 0 Å². The van der Waals surface area contributed by atoms with Crippen LogP contribution < -0.4 is 4.74 Å². The van der Waals surface area contributed by atoms with Crippen LogP contribution in [0, 0.1) is 0 Å². The van der Waals surface area contributed by atoms with Gasteiger partial charge in [0.2, 0.25) is 0 Å². The Kier molecular flexibility index (Phi) is 2.32. The van der Waals surface area contributed by atoms with Crippen LogP contribution in [-0.4, -0.2) is 6.10 Å². The molecule has 1 aliphatic carbocycles. The van der Waals surface area contributed by atoms with Gasteiger partial charge in [-0.1, -0.05) is 43.2 Å². The van der Waals surface area contributed by atoms with Crippen molar-refractivity contribution in [1.82, 2.24) is 0 Å². The van der Waals surface area contributed by atoms with Gasteiger partial charge in [-0.05, 0) is 36.1 Å². The summed E-state index contributed by atoms with van der Waals surface area (Å²) >= 11 is 0. The molecule has 1 aliphatic heterocycles. The fourth-order valence-corrected chi connectivity index (χ4v) is 3.67. The average Bonchev–Trinajstić information content (AvgIpc) is 2.61. The monoisotopic (exact) mass is 238 g/mol. The predicted octanol–water partition coefficient (Wildman–Crippen LogP) is 4.65. The van der Waals surface area contributed by atoms with Gasteiger partial charge in [-0.15, -0.1) is 0 Å². The minimum atomic E-state index is 0.438. The Bertz CT molecular complexity index is 587. The van der Waals surface area contributed by atoms with Gasteiger partial charge in [-0.3, -0.25) is 0 Å². The molecule has 0 unspecified atom stereocenters. The van der Waals surface area contributed by atoms with Gasteiger partial charge in [0.25, 0.3) is 0 Å². The summed E-state index contributed by atoms with van der Waals surface area (Å²) in [5.41, 5.74) is 1.49. The van der Waals surface area contributed by atoms with Crippen molar-refractivity contribution < 1.29 is 4.74 Å². The molecule has 1 fully saturated rings. The molecule has 1 saturated carbocycles. The number of fused-ring (bicyclic) bond motifs is 5. The van der Waals surface area contributed by atoms with Crippen molar-refractivity contribution in [3.63, 3.8) is 0 Å². The molecule has 0 amide bonds. The summed E-state index contributed by atoms with van der Waals surface area (Å²) in [6.45, 7) is 0. The van der Waals surface area contributed by atoms with Crippen LogP contribution >= 0.6 is 0 Å². The molecule has 2 aromatic carbocycles. The first kappa shape index (κ1) is 10.4. The van der Waals surface area contributed by atoms with Crippen LogP contribution in [0.15, 0.2) is 36.4 Å². The summed E-state index contributed by atoms with van der Waals surface area (Å²) < 4.78 is 6.20. The highest BCUT2D eigenvalue weighted by Crippen LogP contribution is 2.47. The van der Waals surface area contributed by atoms with E-state index in [0.717, 1.165) is 5.75 Å². The molecule has 2 atom stereocenters. The zero-order valence-corrected chi connectivity index (χ0v) is 10.6. The second-order valence-corrected chi connectivity index (χ2v) is 5.60. The van der Waals surface area contributed by atoms with Crippen molar-refractivity contribution in [2.45, 2.75) is 44.1 Å². The van der Waals surface area contributed by atoms with Gasteiger partial charge in [0.1, 0.15) is 11.9 Å². The lowest BCUT2D eigenvalue weighted by atomic mass is 9.88. The van der Waals surface area contributed by atoms with E-state index in [4.69, 9.17) is 4.74 Å². The lowest BCUT2D eigenvalue weighted by molar-refractivity contribution is 0.196. The average molecular weight is 238 g/mol. The number of ether oxygens (including phenoxy) is 1. The zero-order chi connectivity index (χ0) is 11.9. The van der Waals surface area contributed by atoms with Crippen LogP contribution in [0.2, 0.25) is 0 Å². The molecule has 0 aromatic heterocycles. The second kappa shape index (κ2) is 4.01. The van der Waals surface area contributed by atoms with Crippen molar-refractivity contribution in [1.29, 1.82) is 0 Å². The maximum absolute atomic E-state index is 6.20. The van der Waals surface area contributed by atoms with Crippen LogP contribution in [0.3, 0.4) is 0 Å². The third kappa shape index (κ3) is 1.46. The van der Waals surface area contributed by atoms with Crippen LogP contribution in [0.25, 0.3) is 10.8 Å². The topological polar surface area (TPSA) is 9.23 Å². The van der Waals surface area contributed by atoms with E-state index in [0.29, 0.717) is 12.0 Å². The first-order chi connectivity index (χ1) is 8.93. The molecule has 1 nitrogen and oxygen atoms in total. The van der Waals surface area contributed by atoms with E-state index in [9.17, 15) is 0 Å². The van der Waals surface area contributed by atoms with E-state index in [1.807, 2.05) is 0 Å². The van der Waals surface area contributed by atoms with Crippen molar-refractivity contribution >= 4 is 10.8 Å². The molecular formula is C17H18O. The van der Waals surface area contributed by atoms with Crippen molar-refractivity contribution in [2.24, 2.45) is 0 Å². The fraction of sp³-hybridized carbons (Fsp3) is 0.412. The largest absolute Gasteiger partial charge is 0.489 e. The van der Waals surface area contributed by atoms with Gasteiger partial charge >= 0.3 is 0 Å². The Balaban J connectivity index is 1.91. The maximum atomic E-state index is 6.20. The van der Waals surface area contributed by atoms with Crippen LogP contribution in [0.4, 0.5) is 0 Å². The Hall–Kier alpha value is -1.50. The Morgan fingerprint density at radius 3 is 2.78 bits per heavy atom. The summed E-state index contributed by atoms with van der Waals surface area (Å²) in [4.78, 5) is 0. The molecule has 0 spiro atoms. The van der Waals surface area contributed by atoms with Crippen molar-refractivity contribution in [2.75, 3.05) is 0 Å². The fourth-order valence-electron chi connectivity index (χ4n) is 3.67. The van der Waals surface area contributed by atoms with Gasteiger partial charge < -0.3 is 4.74 Å². The summed E-state index contributed by atoms with van der Waals surface area (Å²) in [6.07, 6.45) is 7.02. The molecule has 2 aliphatic rings. The highest BCUT2D eigenvalue weighted by molar-refractivity contribution is 5.89. The summed E-state index contributed by atoms with van der Waals surface area (Å²) in [5.74, 6) is 1.78. The number of hydrogen-bond acceptors (Lipinski definition) is 1. The molecule has 92 valence electrons. The van der Waals surface area contributed by atoms with Crippen molar-refractivity contribution in [3.05, 3.63) is 42.0 Å². The lowest BCUT2D eigenvalue weighted by Crippen LogP contribution is -2.16. The highest BCUT2D eigenvalue weighted by Gasteiger charge is 2.35. The second-order valence-electron chi connectivity index (χ2n) is 5.60. The van der Waals surface area contributed by atoms with Crippen molar-refractivity contribution in [3.8, 4) is 5.75 Å². The molecule has 1 heteroatoms. The van der Waals surface area contributed by atoms with Crippen LogP contribution in [-0.2, 0) is 0 Å². The quantitative estimate of drug-likeness (QED) is 0.649. The van der Waals surface area contributed by atoms with E-state index in [1.165, 1.54) is 48.4 Å². The Labute approximate surface area is 108 Å². The molecule has 18 heavy (non-hydrogen) atoms. The molecule has 4 rings (SSSR count). The van der Waals surface area contributed by atoms with Gasteiger partial charge in [0, 0.05) is 11.5 Å². The Morgan fingerprint density at radius 1 is 0.889 bits per heavy atom. The summed E-state index contributed by atoms with van der Waals surface area (Å²) in [7, 11) is 0. The van der Waals surface area contributed by atoms with Gasteiger partial charge in [-0.2, -0.15) is 0 Å². The smallest absolute Gasteiger partial charge is 0.124 e. The maximum Gasteiger partial charge on any atom is 0.124 e. The van der Waals surface area contributed by atoms with E-state index in [-0.39, 0.29) is 0 Å². The van der Waals surface area contributed by atoms with E-state index < -0.39 is 0 Å². The zero-order valence-electron chi connectivity index (χ0n) is 10.6. The lowest BCUT2D eigenvalue weighted by Gasteiger charge is -2.15. The molecule has 0 bridgehead atoms. The Morgan fingerprint density at radius 2 is 1.78 bits per heavy atom. The summed E-state index contributed by atoms with van der Waals surface area (Å²) in [6, 6.07) is 13.1. The molecule has 0 radical (unpaired) electrons. The third-order valence-corrected chi connectivity index (χ3v) is 4.53. The number of hydrogen-bond donors (Lipinski definition) is 0. The van der Waals surface area contributed by atoms with Gasteiger partial charge in [0.05, 0.1) is 0 Å². The van der Waals surface area contributed by atoms with E-state index in [1.54, 1.807) is 0 Å². The molecule has 1 heterocycles. The minimum Gasteiger partial charge on any atom is -0.489 e. The van der Waals surface area contributed by atoms with Crippen LogP contribution in [0.1, 0.15) is 43.6 Å². The molecule has 0 N–H and O–H groups in total. The number of benzene rings is 2. The normalized spacial score (nSPS) is 26.2. The van der Waals surface area contributed by atoms with E-state index >= 15 is 0 Å². The van der Waals surface area contributed by atoms with Gasteiger partial charge in [-0.25, -0.2) is 0 Å². The standard InChI is InChI=1S/C17H18O/c1-2-8-14-15(9-3-1)18-16-11-10-12-6-4-5-7-13(12)17(14)16/h4-7,10-11,14-15H,1-3,8-9H2/t14-,15+/m1/s1. The highest BCUT2D eigenvalue weighted by atomic mass is 16.5. The summed E-state index contributed by atoms with van der Waals surface area (Å²) in [5, 5.41) is 2.76. The third-order valence-electron chi connectivity index (χ3n) is 4.53. The van der Waals surface area contributed by atoms with Crippen LogP contribution in [0.5, 0.6) is 5.75 Å². The predicted molar refractivity (Wildman–Crippen MR) is 74.2 cm³/mol. The molecular weight excluding hydrogens is 220 g/mol. The number of rotatable bonds is 0. The first-order valence-electron chi connectivity index (χ1n) is 7.12. The SMILES string of the molecule is c1ccc2c3c(ccc2c1)O[C@H]1CCCCC[C@@H]31. The molecule has 0 saturated heterocycles. The van der Waals surface area contributed by atoms with E-state index in [2.05, 4.69) is 36.4 Å². The minimum absolute atomic E-state index is 0.438. The first-order valence-corrected chi connectivity index (χ1v) is 7.12.